The number of carbonyl (C=O) groups excluding carboxylic acids is 1. The van der Waals surface area contributed by atoms with E-state index in [2.05, 4.69) is 19.2 Å². The van der Waals surface area contributed by atoms with Gasteiger partial charge in [0.25, 0.3) is 0 Å². The van der Waals surface area contributed by atoms with E-state index in [0.29, 0.717) is 0 Å². The summed E-state index contributed by atoms with van der Waals surface area (Å²) in [4.78, 5) is 22.8. The van der Waals surface area contributed by atoms with Crippen LogP contribution < -0.4 is 5.32 Å². The van der Waals surface area contributed by atoms with Gasteiger partial charge in [-0.15, -0.1) is 12.4 Å². The molecule has 0 amide bonds. The number of hydrogen-bond acceptors (Lipinski definition) is 3. The van der Waals surface area contributed by atoms with Crippen LogP contribution in [-0.4, -0.2) is 34.9 Å². The highest BCUT2D eigenvalue weighted by Crippen LogP contribution is 2.63. The number of nitrogens with one attached hydrogen (secondary N) is 1. The lowest BCUT2D eigenvalue weighted by molar-refractivity contribution is -0.136. The first kappa shape index (κ1) is 17.4. The number of fused-ring (bicyclic) bond motifs is 2. The summed E-state index contributed by atoms with van der Waals surface area (Å²) in [7, 11) is 0. The Bertz CT molecular complexity index is 358. The van der Waals surface area contributed by atoms with E-state index in [4.69, 9.17) is 5.11 Å². The summed E-state index contributed by atoms with van der Waals surface area (Å²) in [6, 6.07) is -0.259. The Kier molecular flexibility index (Phi) is 4.96. The fraction of sp³-hybridized carbons (Fsp3) is 0.833. The van der Waals surface area contributed by atoms with E-state index in [1.807, 2.05) is 6.92 Å². The van der Waals surface area contributed by atoms with Crippen molar-refractivity contribution in [2.45, 2.75) is 39.7 Å². The van der Waals surface area contributed by atoms with Gasteiger partial charge in [0, 0.05) is 5.41 Å². The molecule has 0 aliphatic heterocycles. The lowest BCUT2D eigenvalue weighted by Gasteiger charge is -2.32. The molecule has 2 aliphatic rings. The van der Waals surface area contributed by atoms with Gasteiger partial charge in [0.05, 0.1) is 12.6 Å². The normalized spacial score (nSPS) is 35.8. The number of rotatable bonds is 3. The number of halogens is 1. The zero-order chi connectivity index (χ0) is 12.1. The molecule has 106 valence electrons. The van der Waals surface area contributed by atoms with E-state index in [1.165, 1.54) is 0 Å². The van der Waals surface area contributed by atoms with Gasteiger partial charge in [-0.2, -0.15) is 0 Å². The van der Waals surface area contributed by atoms with E-state index in [1.54, 1.807) is 0 Å². The molecule has 2 rings (SSSR count). The van der Waals surface area contributed by atoms with Crippen LogP contribution in [0.2, 0.25) is 0 Å². The number of carboxylic acids is 1. The van der Waals surface area contributed by atoms with Crippen molar-refractivity contribution in [3.8, 4) is 0 Å². The average Bonchev–Trinajstić information content (AvgIpc) is 2.47. The Hall–Kier alpha value is -0.650. The fourth-order valence-electron chi connectivity index (χ4n) is 3.52. The maximum atomic E-state index is 12.3. The second-order valence-corrected chi connectivity index (χ2v) is 5.82. The third-order valence-corrected chi connectivity index (χ3v) is 5.01. The molecule has 2 bridgehead atoms. The van der Waals surface area contributed by atoms with Crippen molar-refractivity contribution < 1.29 is 20.2 Å². The molecule has 18 heavy (non-hydrogen) atoms. The molecule has 0 radical (unpaired) electrons. The molecule has 2 saturated carbocycles. The maximum absolute atomic E-state index is 12.3. The van der Waals surface area contributed by atoms with Gasteiger partial charge in [0.15, 0.2) is 5.78 Å². The second-order valence-electron chi connectivity index (χ2n) is 5.82. The first-order chi connectivity index (χ1) is 7.30. The molecular formula is C12H22ClNO4. The summed E-state index contributed by atoms with van der Waals surface area (Å²) in [5.74, 6) is -0.419. The monoisotopic (exact) mass is 279 g/mol. The Labute approximate surface area is 113 Å². The number of aliphatic carboxylic acids is 1. The fourth-order valence-corrected chi connectivity index (χ4v) is 3.52. The minimum Gasteiger partial charge on any atom is -0.480 e. The summed E-state index contributed by atoms with van der Waals surface area (Å²) >= 11 is 0. The minimum atomic E-state index is -0.904. The van der Waals surface area contributed by atoms with Crippen LogP contribution in [0.1, 0.15) is 33.6 Å². The highest BCUT2D eigenvalue weighted by molar-refractivity contribution is 5.94. The quantitative estimate of drug-likeness (QED) is 0.792. The molecule has 5 nitrogen and oxygen atoms in total. The number of carbonyl (C=O) groups is 2. The van der Waals surface area contributed by atoms with Crippen molar-refractivity contribution in [3.63, 3.8) is 0 Å². The molecule has 4 N–H and O–H groups in total. The van der Waals surface area contributed by atoms with E-state index >= 15 is 0 Å². The van der Waals surface area contributed by atoms with Crippen LogP contribution in [0.25, 0.3) is 0 Å². The topological polar surface area (TPSA) is 97.9 Å². The van der Waals surface area contributed by atoms with Crippen LogP contribution in [0.4, 0.5) is 0 Å². The van der Waals surface area contributed by atoms with Crippen LogP contribution in [0.15, 0.2) is 0 Å². The molecule has 0 aromatic heterocycles. The van der Waals surface area contributed by atoms with E-state index < -0.39 is 5.97 Å². The summed E-state index contributed by atoms with van der Waals surface area (Å²) in [5.41, 5.74) is -0.284. The van der Waals surface area contributed by atoms with Gasteiger partial charge in [0.2, 0.25) is 0 Å². The first-order valence-electron chi connectivity index (χ1n) is 5.80. The predicted molar refractivity (Wildman–Crippen MR) is 69.9 cm³/mol. The van der Waals surface area contributed by atoms with Crippen LogP contribution >= 0.6 is 12.4 Å². The molecule has 0 saturated heterocycles. The zero-order valence-electron chi connectivity index (χ0n) is 10.9. The third-order valence-electron chi connectivity index (χ3n) is 5.01. The maximum Gasteiger partial charge on any atom is 0.317 e. The van der Waals surface area contributed by atoms with E-state index in [9.17, 15) is 9.59 Å². The highest BCUT2D eigenvalue weighted by Gasteiger charge is 2.65. The summed E-state index contributed by atoms with van der Waals surface area (Å²) in [6.45, 7) is 6.16. The zero-order valence-corrected chi connectivity index (χ0v) is 11.8. The molecule has 0 spiro atoms. The van der Waals surface area contributed by atoms with Crippen molar-refractivity contribution in [2.24, 2.45) is 16.7 Å². The molecule has 2 fully saturated rings. The van der Waals surface area contributed by atoms with Crippen LogP contribution in [-0.2, 0) is 9.59 Å². The molecule has 0 aromatic carbocycles. The molecular weight excluding hydrogens is 258 g/mol. The van der Waals surface area contributed by atoms with Crippen LogP contribution in [0.5, 0.6) is 0 Å². The SMILES string of the molecule is CC12CCC(C(NCC(=O)O)C1=O)C2(C)C.Cl.O. The van der Waals surface area contributed by atoms with Crippen molar-refractivity contribution in [3.05, 3.63) is 0 Å². The van der Waals surface area contributed by atoms with Gasteiger partial charge in [0.1, 0.15) is 0 Å². The van der Waals surface area contributed by atoms with Crippen LogP contribution in [0.3, 0.4) is 0 Å². The summed E-state index contributed by atoms with van der Waals surface area (Å²) < 4.78 is 0. The van der Waals surface area contributed by atoms with Gasteiger partial charge in [-0.05, 0) is 24.2 Å². The predicted octanol–water partition coefficient (Wildman–Crippen LogP) is 0.651. The average molecular weight is 280 g/mol. The van der Waals surface area contributed by atoms with Crippen LogP contribution in [0, 0.1) is 16.7 Å². The van der Waals surface area contributed by atoms with Gasteiger partial charge in [-0.25, -0.2) is 0 Å². The molecule has 6 heteroatoms. The minimum absolute atomic E-state index is 0. The lowest BCUT2D eigenvalue weighted by atomic mass is 9.70. The number of hydrogen-bond donors (Lipinski definition) is 2. The van der Waals surface area contributed by atoms with Crippen molar-refractivity contribution in [1.29, 1.82) is 0 Å². The van der Waals surface area contributed by atoms with Crippen molar-refractivity contribution in [2.75, 3.05) is 6.54 Å². The largest absolute Gasteiger partial charge is 0.480 e. The first-order valence-corrected chi connectivity index (χ1v) is 5.80. The van der Waals surface area contributed by atoms with Gasteiger partial charge < -0.3 is 10.6 Å². The lowest BCUT2D eigenvalue weighted by Crippen LogP contribution is -2.45. The van der Waals surface area contributed by atoms with Gasteiger partial charge in [-0.1, -0.05) is 20.8 Å². The highest BCUT2D eigenvalue weighted by atomic mass is 35.5. The Balaban J connectivity index is 0.00000144. The molecule has 0 heterocycles. The van der Waals surface area contributed by atoms with Gasteiger partial charge >= 0.3 is 5.97 Å². The third kappa shape index (κ3) is 2.04. The molecule has 3 atom stereocenters. The Morgan fingerprint density at radius 2 is 2.00 bits per heavy atom. The smallest absolute Gasteiger partial charge is 0.317 e. The second kappa shape index (κ2) is 5.15. The summed E-state index contributed by atoms with van der Waals surface area (Å²) in [5, 5.41) is 11.5. The van der Waals surface area contributed by atoms with Crippen molar-refractivity contribution in [1.82, 2.24) is 5.32 Å². The number of Topliss-reactive ketones (excluding diaryl/α,β-unsaturated/α-hetero) is 1. The molecule has 0 aromatic rings. The van der Waals surface area contributed by atoms with E-state index in [0.717, 1.165) is 12.8 Å². The molecule has 3 unspecified atom stereocenters. The van der Waals surface area contributed by atoms with Crippen molar-refractivity contribution >= 4 is 24.2 Å². The number of ketones is 1. The Morgan fingerprint density at radius 1 is 1.44 bits per heavy atom. The Morgan fingerprint density at radius 3 is 2.39 bits per heavy atom. The summed E-state index contributed by atoms with van der Waals surface area (Å²) in [6.07, 6.45) is 1.96. The molecule has 2 aliphatic carbocycles. The van der Waals surface area contributed by atoms with E-state index in [-0.39, 0.29) is 53.0 Å². The standard InChI is InChI=1S/C12H19NO3.ClH.H2O/c1-11(2)7-4-5-12(11,3)10(16)9(7)13-6-8(14)15;;/h7,9,13H,4-6H2,1-3H3,(H,14,15);1H;1H2. The number of carboxylic acid groups (broad SMARTS) is 1. The van der Waals surface area contributed by atoms with Gasteiger partial charge in [-0.3, -0.25) is 14.9 Å².